The van der Waals surface area contributed by atoms with Crippen LogP contribution in [0.15, 0.2) is 28.8 Å². The molecule has 1 aromatic carbocycles. The summed E-state index contributed by atoms with van der Waals surface area (Å²) in [4.78, 5) is 37.0. The van der Waals surface area contributed by atoms with Crippen molar-refractivity contribution in [1.82, 2.24) is 5.16 Å². The molecule has 9 heteroatoms. The zero-order valence-corrected chi connectivity index (χ0v) is 14.6. The van der Waals surface area contributed by atoms with Crippen molar-refractivity contribution in [2.75, 3.05) is 23.9 Å². The number of anilines is 2. The van der Waals surface area contributed by atoms with Crippen molar-refractivity contribution in [3.63, 3.8) is 0 Å². The maximum atomic E-state index is 12.2. The molecule has 1 heterocycles. The van der Waals surface area contributed by atoms with Gasteiger partial charge in [0.25, 0.3) is 0 Å². The van der Waals surface area contributed by atoms with E-state index < -0.39 is 17.8 Å². The van der Waals surface area contributed by atoms with Gasteiger partial charge in [0.15, 0.2) is 5.82 Å². The average Bonchev–Trinajstić information content (AvgIpc) is 2.97. The smallest absolute Gasteiger partial charge is 0.337 e. The number of esters is 1. The van der Waals surface area contributed by atoms with Gasteiger partial charge in [-0.3, -0.25) is 9.59 Å². The van der Waals surface area contributed by atoms with Crippen molar-refractivity contribution in [3.05, 3.63) is 40.6 Å². The van der Waals surface area contributed by atoms with Crippen LogP contribution in [-0.2, 0) is 14.3 Å². The van der Waals surface area contributed by atoms with Crippen molar-refractivity contribution in [2.24, 2.45) is 0 Å². The van der Waals surface area contributed by atoms with Gasteiger partial charge in [0.2, 0.25) is 11.8 Å². The number of halogens is 1. The van der Waals surface area contributed by atoms with Crippen molar-refractivity contribution in [2.45, 2.75) is 13.8 Å². The number of nitrogens with one attached hydrogen (secondary N) is 1. The second-order valence-electron chi connectivity index (χ2n) is 5.13. The molecular weight excluding hydrogens is 350 g/mol. The fourth-order valence-corrected chi connectivity index (χ4v) is 2.30. The third kappa shape index (κ3) is 4.57. The lowest BCUT2D eigenvalue weighted by atomic mass is 10.2. The monoisotopic (exact) mass is 365 g/mol. The minimum Gasteiger partial charge on any atom is -0.465 e. The molecule has 0 aliphatic heterocycles. The maximum Gasteiger partial charge on any atom is 0.337 e. The molecule has 2 rings (SSSR count). The molecule has 1 aromatic heterocycles. The van der Waals surface area contributed by atoms with Gasteiger partial charge in [0.1, 0.15) is 12.3 Å². The Kier molecular flexibility index (Phi) is 5.76. The maximum absolute atomic E-state index is 12.2. The van der Waals surface area contributed by atoms with Gasteiger partial charge in [-0.05, 0) is 25.1 Å². The van der Waals surface area contributed by atoms with E-state index in [0.717, 1.165) is 4.90 Å². The molecule has 0 saturated heterocycles. The Morgan fingerprint density at radius 2 is 2.04 bits per heavy atom. The van der Waals surface area contributed by atoms with Crippen molar-refractivity contribution < 1.29 is 23.6 Å². The van der Waals surface area contributed by atoms with E-state index in [1.54, 1.807) is 13.0 Å². The Hall–Kier alpha value is -2.87. The quantitative estimate of drug-likeness (QED) is 0.816. The summed E-state index contributed by atoms with van der Waals surface area (Å²) in [6.45, 7) is 2.66. The predicted octanol–water partition coefficient (Wildman–Crippen LogP) is 2.41. The minimum absolute atomic E-state index is 0.209. The molecule has 0 unspecified atom stereocenters. The largest absolute Gasteiger partial charge is 0.465 e. The highest BCUT2D eigenvalue weighted by Crippen LogP contribution is 2.27. The number of methoxy groups -OCH3 is 1. The molecule has 0 atom stereocenters. The highest BCUT2D eigenvalue weighted by Gasteiger charge is 2.21. The van der Waals surface area contributed by atoms with Gasteiger partial charge in [-0.2, -0.15) is 0 Å². The number of hydrogen-bond acceptors (Lipinski definition) is 6. The van der Waals surface area contributed by atoms with E-state index in [0.29, 0.717) is 5.76 Å². The van der Waals surface area contributed by atoms with E-state index in [9.17, 15) is 14.4 Å². The molecule has 0 bridgehead atoms. The number of rotatable bonds is 5. The Morgan fingerprint density at radius 1 is 1.32 bits per heavy atom. The van der Waals surface area contributed by atoms with Crippen LogP contribution in [0.1, 0.15) is 23.0 Å². The van der Waals surface area contributed by atoms with E-state index in [1.807, 2.05) is 0 Å². The van der Waals surface area contributed by atoms with Crippen molar-refractivity contribution in [3.8, 4) is 0 Å². The first-order valence-corrected chi connectivity index (χ1v) is 7.58. The molecule has 8 nitrogen and oxygen atoms in total. The molecule has 132 valence electrons. The van der Waals surface area contributed by atoms with Crippen LogP contribution in [0, 0.1) is 6.92 Å². The number of amides is 2. The number of carbonyl (C=O) groups is 3. The summed E-state index contributed by atoms with van der Waals surface area (Å²) in [5.41, 5.74) is 0.434. The van der Waals surface area contributed by atoms with Crippen LogP contribution in [0.3, 0.4) is 0 Å². The van der Waals surface area contributed by atoms with E-state index in [2.05, 4.69) is 15.2 Å². The normalized spacial score (nSPS) is 10.2. The standard InChI is InChI=1S/C16H16ClN3O5/c1-9-6-14(19-25-9)18-15(22)8-20(10(2)21)13-7-11(16(23)24-3)4-5-12(13)17/h4-7H,8H2,1-3H3,(H,18,19,22). The minimum atomic E-state index is -0.580. The van der Waals surface area contributed by atoms with Gasteiger partial charge >= 0.3 is 5.97 Å². The average molecular weight is 366 g/mol. The second-order valence-corrected chi connectivity index (χ2v) is 5.54. The molecular formula is C16H16ClN3O5. The molecule has 1 N–H and O–H groups in total. The third-order valence-corrected chi connectivity index (χ3v) is 3.55. The number of nitrogens with zero attached hydrogens (tertiary/aromatic N) is 2. The number of carbonyl (C=O) groups excluding carboxylic acids is 3. The van der Waals surface area contributed by atoms with Gasteiger partial charge in [-0.25, -0.2) is 4.79 Å². The Labute approximate surface area is 148 Å². The summed E-state index contributed by atoms with van der Waals surface area (Å²) in [5, 5.41) is 6.38. The highest BCUT2D eigenvalue weighted by molar-refractivity contribution is 6.34. The molecule has 25 heavy (non-hydrogen) atoms. The summed E-state index contributed by atoms with van der Waals surface area (Å²) in [6, 6.07) is 5.86. The lowest BCUT2D eigenvalue weighted by Gasteiger charge is -2.22. The molecule has 0 saturated carbocycles. The predicted molar refractivity (Wildman–Crippen MR) is 90.7 cm³/mol. The van der Waals surface area contributed by atoms with Crippen LogP contribution < -0.4 is 10.2 Å². The first kappa shape index (κ1) is 18.5. The molecule has 0 radical (unpaired) electrons. The zero-order valence-electron chi connectivity index (χ0n) is 13.8. The van der Waals surface area contributed by atoms with Gasteiger partial charge in [0.05, 0.1) is 23.4 Å². The summed E-state index contributed by atoms with van der Waals surface area (Å²) >= 11 is 6.12. The fourth-order valence-electron chi connectivity index (χ4n) is 2.08. The number of hydrogen-bond donors (Lipinski definition) is 1. The summed E-state index contributed by atoms with van der Waals surface area (Å²) < 4.78 is 9.51. The van der Waals surface area contributed by atoms with Crippen LogP contribution in [0.4, 0.5) is 11.5 Å². The van der Waals surface area contributed by atoms with Crippen LogP contribution >= 0.6 is 11.6 Å². The summed E-state index contributed by atoms with van der Waals surface area (Å²) in [6.07, 6.45) is 0. The lowest BCUT2D eigenvalue weighted by molar-refractivity contribution is -0.120. The Morgan fingerprint density at radius 3 is 2.60 bits per heavy atom. The van der Waals surface area contributed by atoms with Crippen LogP contribution in [-0.4, -0.2) is 36.6 Å². The zero-order chi connectivity index (χ0) is 18.6. The fraction of sp³-hybridized carbons (Fsp3) is 0.250. The van der Waals surface area contributed by atoms with Crippen LogP contribution in [0.25, 0.3) is 0 Å². The van der Waals surface area contributed by atoms with Gasteiger partial charge in [0, 0.05) is 13.0 Å². The molecule has 0 fully saturated rings. The summed E-state index contributed by atoms with van der Waals surface area (Å²) in [7, 11) is 1.24. The second kappa shape index (κ2) is 7.80. The highest BCUT2D eigenvalue weighted by atomic mass is 35.5. The Balaban J connectivity index is 2.24. The lowest BCUT2D eigenvalue weighted by Crippen LogP contribution is -2.37. The molecule has 2 aromatic rings. The van der Waals surface area contributed by atoms with Crippen LogP contribution in [0.5, 0.6) is 0 Å². The number of benzene rings is 1. The van der Waals surface area contributed by atoms with Gasteiger partial charge < -0.3 is 19.5 Å². The van der Waals surface area contributed by atoms with Crippen LogP contribution in [0.2, 0.25) is 5.02 Å². The van der Waals surface area contributed by atoms with E-state index >= 15 is 0 Å². The molecule has 0 aliphatic rings. The topological polar surface area (TPSA) is 102 Å². The number of aryl methyl sites for hydroxylation is 1. The number of aromatic nitrogens is 1. The molecule has 2 amide bonds. The first-order chi connectivity index (χ1) is 11.8. The Bertz CT molecular complexity index is 818. The summed E-state index contributed by atoms with van der Waals surface area (Å²) in [5.74, 6) is -0.727. The SMILES string of the molecule is COC(=O)c1ccc(Cl)c(N(CC(=O)Nc2cc(C)on2)C(C)=O)c1. The molecule has 0 spiro atoms. The van der Waals surface area contributed by atoms with E-state index in [-0.39, 0.29) is 28.6 Å². The molecule has 0 aliphatic carbocycles. The number of ether oxygens (including phenoxy) is 1. The third-order valence-electron chi connectivity index (χ3n) is 3.24. The van der Waals surface area contributed by atoms with E-state index in [1.165, 1.54) is 32.2 Å². The van der Waals surface area contributed by atoms with Gasteiger partial charge in [-0.1, -0.05) is 16.8 Å². The van der Waals surface area contributed by atoms with Crippen molar-refractivity contribution >= 4 is 40.9 Å². The van der Waals surface area contributed by atoms with E-state index in [4.69, 9.17) is 16.1 Å². The first-order valence-electron chi connectivity index (χ1n) is 7.21. The van der Waals surface area contributed by atoms with Crippen molar-refractivity contribution in [1.29, 1.82) is 0 Å². The van der Waals surface area contributed by atoms with Gasteiger partial charge in [-0.15, -0.1) is 0 Å².